The van der Waals surface area contributed by atoms with Gasteiger partial charge in [0.05, 0.1) is 6.26 Å². The zero-order valence-corrected chi connectivity index (χ0v) is 14.0. The fourth-order valence-electron chi connectivity index (χ4n) is 2.93. The molecule has 1 N–H and O–H groups in total. The van der Waals surface area contributed by atoms with Crippen molar-refractivity contribution in [2.45, 2.75) is 39.5 Å². The summed E-state index contributed by atoms with van der Waals surface area (Å²) in [6, 6.07) is 0. The Morgan fingerprint density at radius 2 is 2.20 bits per heavy atom. The van der Waals surface area contributed by atoms with E-state index < -0.39 is 10.0 Å². The van der Waals surface area contributed by atoms with Crippen molar-refractivity contribution in [3.63, 3.8) is 0 Å². The zero-order valence-electron chi connectivity index (χ0n) is 13.2. The standard InChI is InChI=1S/C15H30N2O2S/c1-5-9-16-13-15(3,6-2)11-14-8-7-10-17(12-14)20(4,18)19/h6,14,16H,2,5,7-13H2,1,3-4H3. The molecule has 2 atom stereocenters. The minimum Gasteiger partial charge on any atom is -0.316 e. The van der Waals surface area contributed by atoms with Gasteiger partial charge in [-0.2, -0.15) is 0 Å². The average Bonchev–Trinajstić information content (AvgIpc) is 2.38. The van der Waals surface area contributed by atoms with Crippen LogP contribution in [0.2, 0.25) is 0 Å². The summed E-state index contributed by atoms with van der Waals surface area (Å²) < 4.78 is 25.0. The van der Waals surface area contributed by atoms with Gasteiger partial charge in [-0.3, -0.25) is 0 Å². The SMILES string of the molecule is C=CC(C)(CNCCC)CC1CCCN(S(C)(=O)=O)C1. The van der Waals surface area contributed by atoms with Crippen molar-refractivity contribution in [1.29, 1.82) is 0 Å². The van der Waals surface area contributed by atoms with Gasteiger partial charge in [-0.05, 0) is 43.6 Å². The van der Waals surface area contributed by atoms with E-state index in [2.05, 4.69) is 25.7 Å². The lowest BCUT2D eigenvalue weighted by Gasteiger charge is -2.36. The lowest BCUT2D eigenvalue weighted by molar-refractivity contribution is 0.204. The summed E-state index contributed by atoms with van der Waals surface area (Å²) >= 11 is 0. The van der Waals surface area contributed by atoms with E-state index in [0.717, 1.165) is 38.8 Å². The van der Waals surface area contributed by atoms with Crippen LogP contribution in [-0.2, 0) is 10.0 Å². The van der Waals surface area contributed by atoms with Crippen LogP contribution >= 0.6 is 0 Å². The van der Waals surface area contributed by atoms with Crippen LogP contribution in [0.15, 0.2) is 12.7 Å². The lowest BCUT2D eigenvalue weighted by Crippen LogP contribution is -2.42. The molecule has 1 rings (SSSR count). The number of rotatable bonds is 8. The first kappa shape index (κ1) is 17.7. The molecule has 2 unspecified atom stereocenters. The Labute approximate surface area is 124 Å². The van der Waals surface area contributed by atoms with Crippen molar-refractivity contribution >= 4 is 10.0 Å². The third kappa shape index (κ3) is 5.54. The second kappa shape index (κ2) is 7.57. The molecular weight excluding hydrogens is 272 g/mol. The Hall–Kier alpha value is -0.390. The van der Waals surface area contributed by atoms with Crippen LogP contribution in [0, 0.1) is 11.3 Å². The molecule has 1 aliphatic rings. The molecule has 0 aromatic heterocycles. The Bertz CT molecular complexity index is 408. The van der Waals surface area contributed by atoms with Gasteiger partial charge in [-0.15, -0.1) is 6.58 Å². The van der Waals surface area contributed by atoms with Gasteiger partial charge in [0.25, 0.3) is 0 Å². The van der Waals surface area contributed by atoms with E-state index in [-0.39, 0.29) is 5.41 Å². The maximum Gasteiger partial charge on any atom is 0.211 e. The largest absolute Gasteiger partial charge is 0.316 e. The molecular formula is C15H30N2O2S. The highest BCUT2D eigenvalue weighted by Gasteiger charge is 2.31. The number of nitrogens with zero attached hydrogens (tertiary/aromatic N) is 1. The van der Waals surface area contributed by atoms with E-state index in [1.165, 1.54) is 6.26 Å². The van der Waals surface area contributed by atoms with E-state index in [9.17, 15) is 8.42 Å². The predicted molar refractivity (Wildman–Crippen MR) is 85.2 cm³/mol. The van der Waals surface area contributed by atoms with Crippen molar-refractivity contribution in [3.05, 3.63) is 12.7 Å². The monoisotopic (exact) mass is 302 g/mol. The first-order chi connectivity index (χ1) is 9.30. The van der Waals surface area contributed by atoms with Crippen LogP contribution in [0.25, 0.3) is 0 Å². The number of nitrogens with one attached hydrogen (secondary N) is 1. The lowest BCUT2D eigenvalue weighted by atomic mass is 9.78. The quantitative estimate of drug-likeness (QED) is 0.552. The number of sulfonamides is 1. The van der Waals surface area contributed by atoms with Gasteiger partial charge < -0.3 is 5.32 Å². The van der Waals surface area contributed by atoms with Crippen LogP contribution in [0.1, 0.15) is 39.5 Å². The fourth-order valence-corrected chi connectivity index (χ4v) is 3.87. The maximum absolute atomic E-state index is 11.7. The van der Waals surface area contributed by atoms with Gasteiger partial charge in [-0.1, -0.05) is 19.9 Å². The molecule has 1 saturated heterocycles. The molecule has 0 saturated carbocycles. The van der Waals surface area contributed by atoms with E-state index in [1.807, 2.05) is 6.08 Å². The topological polar surface area (TPSA) is 49.4 Å². The van der Waals surface area contributed by atoms with Crippen LogP contribution in [0.3, 0.4) is 0 Å². The number of hydrogen-bond donors (Lipinski definition) is 1. The van der Waals surface area contributed by atoms with E-state index in [4.69, 9.17) is 0 Å². The normalized spacial score (nSPS) is 24.2. The molecule has 0 aliphatic carbocycles. The van der Waals surface area contributed by atoms with Gasteiger partial charge in [0, 0.05) is 19.6 Å². The third-order valence-electron chi connectivity index (χ3n) is 4.15. The van der Waals surface area contributed by atoms with E-state index in [1.54, 1.807) is 4.31 Å². The first-order valence-corrected chi connectivity index (χ1v) is 9.45. The highest BCUT2D eigenvalue weighted by molar-refractivity contribution is 7.88. The first-order valence-electron chi connectivity index (χ1n) is 7.60. The second-order valence-electron chi connectivity index (χ2n) is 6.37. The molecule has 0 spiro atoms. The third-order valence-corrected chi connectivity index (χ3v) is 5.42. The van der Waals surface area contributed by atoms with E-state index in [0.29, 0.717) is 19.0 Å². The minimum absolute atomic E-state index is 0.0420. The molecule has 0 aromatic rings. The highest BCUT2D eigenvalue weighted by atomic mass is 32.2. The van der Waals surface area contributed by atoms with Crippen molar-refractivity contribution < 1.29 is 8.42 Å². The molecule has 5 heteroatoms. The number of piperidine rings is 1. The molecule has 0 bridgehead atoms. The summed E-state index contributed by atoms with van der Waals surface area (Å²) in [6.07, 6.45) is 7.54. The smallest absolute Gasteiger partial charge is 0.211 e. The molecule has 0 amide bonds. The molecule has 1 fully saturated rings. The summed E-state index contributed by atoms with van der Waals surface area (Å²) in [5.74, 6) is 0.435. The molecule has 0 aromatic carbocycles. The van der Waals surface area contributed by atoms with Gasteiger partial charge in [-0.25, -0.2) is 12.7 Å². The van der Waals surface area contributed by atoms with Gasteiger partial charge in [0.2, 0.25) is 10.0 Å². The minimum atomic E-state index is -3.05. The molecule has 1 heterocycles. The summed E-state index contributed by atoms with van der Waals surface area (Å²) in [5, 5.41) is 3.45. The molecule has 0 radical (unpaired) electrons. The van der Waals surface area contributed by atoms with Crippen molar-refractivity contribution in [2.75, 3.05) is 32.4 Å². The molecule has 118 valence electrons. The second-order valence-corrected chi connectivity index (χ2v) is 8.35. The van der Waals surface area contributed by atoms with Crippen LogP contribution in [0.5, 0.6) is 0 Å². The Kier molecular flexibility index (Phi) is 6.69. The summed E-state index contributed by atoms with van der Waals surface area (Å²) in [4.78, 5) is 0. The summed E-state index contributed by atoms with van der Waals surface area (Å²) in [5.41, 5.74) is 0.0420. The highest BCUT2D eigenvalue weighted by Crippen LogP contribution is 2.32. The van der Waals surface area contributed by atoms with Crippen LogP contribution in [0.4, 0.5) is 0 Å². The number of hydrogen-bond acceptors (Lipinski definition) is 3. The van der Waals surface area contributed by atoms with Crippen LogP contribution in [-0.4, -0.2) is 45.2 Å². The maximum atomic E-state index is 11.7. The molecule has 4 nitrogen and oxygen atoms in total. The van der Waals surface area contributed by atoms with Crippen molar-refractivity contribution in [1.82, 2.24) is 9.62 Å². The van der Waals surface area contributed by atoms with Gasteiger partial charge in [0.15, 0.2) is 0 Å². The van der Waals surface area contributed by atoms with Gasteiger partial charge >= 0.3 is 0 Å². The fraction of sp³-hybridized carbons (Fsp3) is 0.867. The summed E-state index contributed by atoms with van der Waals surface area (Å²) in [6.45, 7) is 11.6. The van der Waals surface area contributed by atoms with Crippen molar-refractivity contribution in [2.24, 2.45) is 11.3 Å². The van der Waals surface area contributed by atoms with Gasteiger partial charge in [0.1, 0.15) is 0 Å². The van der Waals surface area contributed by atoms with E-state index >= 15 is 0 Å². The van der Waals surface area contributed by atoms with Crippen molar-refractivity contribution in [3.8, 4) is 0 Å². The average molecular weight is 302 g/mol. The predicted octanol–water partition coefficient (Wildman–Crippen LogP) is 2.24. The molecule has 1 aliphatic heterocycles. The Morgan fingerprint density at radius 1 is 1.50 bits per heavy atom. The zero-order chi connectivity index (χ0) is 15.2. The summed E-state index contributed by atoms with van der Waals surface area (Å²) in [7, 11) is -3.05. The molecule has 20 heavy (non-hydrogen) atoms. The van der Waals surface area contributed by atoms with Crippen LogP contribution < -0.4 is 5.32 Å². The Balaban J connectivity index is 2.58. The Morgan fingerprint density at radius 3 is 2.75 bits per heavy atom.